The molecule has 0 aromatic carbocycles. The first-order valence-corrected chi connectivity index (χ1v) is 8.28. The molecule has 5 nitrogen and oxygen atoms in total. The topological polar surface area (TPSA) is 67.3 Å². The Morgan fingerprint density at radius 1 is 1.45 bits per heavy atom. The predicted molar refractivity (Wildman–Crippen MR) is 83.8 cm³/mol. The fourth-order valence-corrected chi connectivity index (χ4v) is 4.36. The summed E-state index contributed by atoms with van der Waals surface area (Å²) in [6.45, 7) is 0.615. The van der Waals surface area contributed by atoms with Crippen LogP contribution in [0.15, 0.2) is 41.9 Å². The molecule has 2 atom stereocenters. The molecule has 3 heterocycles. The van der Waals surface area contributed by atoms with Gasteiger partial charge in [0.1, 0.15) is 17.1 Å². The number of nitrogens with two attached hydrogens (primary N) is 1. The van der Waals surface area contributed by atoms with Crippen molar-refractivity contribution >= 4 is 44.0 Å². The maximum atomic E-state index is 11.9. The fraction of sp³-hybridized carbons (Fsp3) is 0.308. The van der Waals surface area contributed by atoms with E-state index in [1.807, 2.05) is 35.2 Å². The average molecular weight is 402 g/mol. The van der Waals surface area contributed by atoms with Crippen molar-refractivity contribution in [2.75, 3.05) is 5.75 Å². The van der Waals surface area contributed by atoms with E-state index in [0.29, 0.717) is 12.2 Å². The number of carbonyl (C=O) groups excluding carboxylic acids is 2. The highest BCUT2D eigenvalue weighted by atomic mass is 127. The van der Waals surface area contributed by atoms with Gasteiger partial charge in [-0.05, 0) is 0 Å². The molecule has 1 amide bonds. The van der Waals surface area contributed by atoms with Gasteiger partial charge in [0.15, 0.2) is 18.9 Å². The molecule has 1 unspecified atom stereocenters. The lowest BCUT2D eigenvalue weighted by molar-refractivity contribution is -0.689. The van der Waals surface area contributed by atoms with Crippen molar-refractivity contribution in [3.63, 3.8) is 0 Å². The molecule has 2 aliphatic heterocycles. The summed E-state index contributed by atoms with van der Waals surface area (Å²) in [5.41, 5.74) is 7.28. The maximum absolute atomic E-state index is 11.9. The molecule has 1 fully saturated rings. The first-order chi connectivity index (χ1) is 9.59. The molecule has 3 rings (SSSR count). The summed E-state index contributed by atoms with van der Waals surface area (Å²) in [5.74, 6) is 0.575. The maximum Gasteiger partial charge on any atom is 0.248 e. The van der Waals surface area contributed by atoms with E-state index in [4.69, 9.17) is 5.73 Å². The summed E-state index contributed by atoms with van der Waals surface area (Å²) < 4.78 is 1.90. The van der Waals surface area contributed by atoms with Crippen molar-refractivity contribution in [3.8, 4) is 0 Å². The molecule has 0 radical (unpaired) electrons. The van der Waals surface area contributed by atoms with Crippen LogP contribution < -0.4 is 10.3 Å². The standard InChI is InChI=1S/C13H13IN3O2S/c14-11(18)10-8(6-16-4-2-1-3-5-16)7-20-13-9(15)12(19)17(10)13/h1-5,9,13H,6-7,15H2/q+1/t9?,13-/m1/s1. The number of thioether (sulfide) groups is 1. The van der Waals surface area contributed by atoms with E-state index in [1.54, 1.807) is 39.3 Å². The first-order valence-electron chi connectivity index (χ1n) is 6.16. The molecule has 20 heavy (non-hydrogen) atoms. The van der Waals surface area contributed by atoms with Gasteiger partial charge < -0.3 is 5.73 Å². The van der Waals surface area contributed by atoms with Crippen LogP contribution in [0.1, 0.15) is 0 Å². The second-order valence-corrected chi connectivity index (χ2v) is 6.79. The molecule has 2 aliphatic rings. The van der Waals surface area contributed by atoms with Gasteiger partial charge in [-0.3, -0.25) is 14.5 Å². The Morgan fingerprint density at radius 2 is 2.15 bits per heavy atom. The molecular weight excluding hydrogens is 389 g/mol. The van der Waals surface area contributed by atoms with Gasteiger partial charge in [0.25, 0.3) is 0 Å². The van der Waals surface area contributed by atoms with Crippen molar-refractivity contribution in [3.05, 3.63) is 41.9 Å². The summed E-state index contributed by atoms with van der Waals surface area (Å²) in [5, 5.41) is -0.0826. The third-order valence-electron chi connectivity index (χ3n) is 3.43. The third-order valence-corrected chi connectivity index (χ3v) is 5.30. The van der Waals surface area contributed by atoms with Gasteiger partial charge in [-0.2, -0.15) is 0 Å². The minimum absolute atomic E-state index is 0.0826. The minimum Gasteiger partial charge on any atom is -0.317 e. The Balaban J connectivity index is 1.94. The number of β-lactam (4-membered cyclic amide) rings is 1. The van der Waals surface area contributed by atoms with Crippen molar-refractivity contribution in [2.24, 2.45) is 5.73 Å². The SMILES string of the molecule is NC1C(=O)N2C(C(=O)I)=C(C[n+]3ccccc3)CS[C@H]12. The van der Waals surface area contributed by atoms with Crippen molar-refractivity contribution in [1.29, 1.82) is 0 Å². The lowest BCUT2D eigenvalue weighted by atomic mass is 10.0. The van der Waals surface area contributed by atoms with Gasteiger partial charge in [-0.1, -0.05) is 6.07 Å². The molecule has 0 aliphatic carbocycles. The van der Waals surface area contributed by atoms with E-state index in [0.717, 1.165) is 11.3 Å². The van der Waals surface area contributed by atoms with Crippen molar-refractivity contribution in [2.45, 2.75) is 18.0 Å². The highest BCUT2D eigenvalue weighted by Crippen LogP contribution is 2.40. The second kappa shape index (κ2) is 5.45. The highest BCUT2D eigenvalue weighted by Gasteiger charge is 2.51. The number of carbonyl (C=O) groups is 2. The smallest absolute Gasteiger partial charge is 0.248 e. The van der Waals surface area contributed by atoms with Crippen LogP contribution in [0.25, 0.3) is 0 Å². The van der Waals surface area contributed by atoms with E-state index in [2.05, 4.69) is 0 Å². The molecule has 0 bridgehead atoms. The highest BCUT2D eigenvalue weighted by molar-refractivity contribution is 14.1. The molecule has 1 saturated heterocycles. The summed E-state index contributed by atoms with van der Waals surface area (Å²) in [6.07, 6.45) is 3.89. The molecule has 1 aromatic rings. The number of fused-ring (bicyclic) bond motifs is 1. The number of aromatic nitrogens is 1. The number of amides is 1. The summed E-state index contributed by atoms with van der Waals surface area (Å²) in [6, 6.07) is 5.35. The summed E-state index contributed by atoms with van der Waals surface area (Å²) in [4.78, 5) is 25.4. The van der Waals surface area contributed by atoms with Gasteiger partial charge in [0.05, 0.1) is 0 Å². The molecule has 0 saturated carbocycles. The second-order valence-electron chi connectivity index (χ2n) is 4.71. The monoisotopic (exact) mass is 402 g/mol. The zero-order valence-corrected chi connectivity index (χ0v) is 13.5. The number of rotatable bonds is 3. The molecule has 1 aromatic heterocycles. The largest absolute Gasteiger partial charge is 0.317 e. The van der Waals surface area contributed by atoms with Crippen LogP contribution in [0.5, 0.6) is 0 Å². The van der Waals surface area contributed by atoms with Crippen LogP contribution in [0.2, 0.25) is 0 Å². The quantitative estimate of drug-likeness (QED) is 0.345. The molecule has 2 N–H and O–H groups in total. The molecular formula is C13H13IN3O2S+. The lowest BCUT2D eigenvalue weighted by Gasteiger charge is -2.48. The van der Waals surface area contributed by atoms with E-state index < -0.39 is 6.04 Å². The van der Waals surface area contributed by atoms with Crippen LogP contribution >= 0.6 is 34.4 Å². The third kappa shape index (κ3) is 2.27. The fourth-order valence-electron chi connectivity index (χ4n) is 2.44. The minimum atomic E-state index is -0.475. The number of halogens is 1. The summed E-state index contributed by atoms with van der Waals surface area (Å²) >= 11 is 3.37. The zero-order valence-electron chi connectivity index (χ0n) is 10.5. The van der Waals surface area contributed by atoms with Gasteiger partial charge in [-0.15, -0.1) is 11.8 Å². The van der Waals surface area contributed by atoms with Crippen LogP contribution in [-0.4, -0.2) is 31.8 Å². The number of pyridine rings is 1. The Kier molecular flexibility index (Phi) is 3.83. The summed E-state index contributed by atoms with van der Waals surface area (Å²) in [7, 11) is 0. The Labute approximate surface area is 134 Å². The Bertz CT molecular complexity index is 605. The van der Waals surface area contributed by atoms with Crippen molar-refractivity contribution < 1.29 is 14.2 Å². The Hall–Kier alpha value is -0.930. The normalized spacial score (nSPS) is 25.3. The first kappa shape index (κ1) is 14.0. The lowest BCUT2D eigenvalue weighted by Crippen LogP contribution is -2.68. The van der Waals surface area contributed by atoms with Crippen LogP contribution in [0.3, 0.4) is 0 Å². The van der Waals surface area contributed by atoms with Crippen LogP contribution in [0.4, 0.5) is 0 Å². The van der Waals surface area contributed by atoms with E-state index >= 15 is 0 Å². The molecule has 0 spiro atoms. The number of hydrogen-bond acceptors (Lipinski definition) is 4. The number of nitrogens with zero attached hydrogens (tertiary/aromatic N) is 2. The van der Waals surface area contributed by atoms with Crippen molar-refractivity contribution in [1.82, 2.24) is 4.90 Å². The number of hydrogen-bond donors (Lipinski definition) is 1. The van der Waals surface area contributed by atoms with Gasteiger partial charge in [-0.25, -0.2) is 4.57 Å². The van der Waals surface area contributed by atoms with Crippen LogP contribution in [0, 0.1) is 0 Å². The molecule has 7 heteroatoms. The number of allylic oxidation sites excluding steroid dienone is 1. The van der Waals surface area contributed by atoms with E-state index in [1.165, 1.54) is 0 Å². The average Bonchev–Trinajstić information content (AvgIpc) is 2.46. The zero-order chi connectivity index (χ0) is 14.3. The predicted octanol–water partition coefficient (Wildman–Crippen LogP) is 0.432. The van der Waals surface area contributed by atoms with Gasteiger partial charge in [0.2, 0.25) is 9.70 Å². The van der Waals surface area contributed by atoms with E-state index in [-0.39, 0.29) is 15.1 Å². The van der Waals surface area contributed by atoms with Crippen LogP contribution in [-0.2, 0) is 16.1 Å². The van der Waals surface area contributed by atoms with Gasteiger partial charge in [0, 0.05) is 46.0 Å². The Morgan fingerprint density at radius 3 is 2.80 bits per heavy atom. The van der Waals surface area contributed by atoms with Gasteiger partial charge >= 0.3 is 0 Å². The van der Waals surface area contributed by atoms with E-state index in [9.17, 15) is 9.59 Å². The molecule has 104 valence electrons.